The summed E-state index contributed by atoms with van der Waals surface area (Å²) < 4.78 is 3.55. The number of aromatic nitrogens is 7. The van der Waals surface area contributed by atoms with Crippen molar-refractivity contribution in [2.75, 3.05) is 0 Å². The van der Waals surface area contributed by atoms with Crippen LogP contribution in [0.2, 0.25) is 0 Å². The molecule has 0 radical (unpaired) electrons. The lowest BCUT2D eigenvalue weighted by atomic mass is 10.1. The Balaban J connectivity index is 1.74. The second-order valence-electron chi connectivity index (χ2n) is 6.27. The molecule has 4 aromatic heterocycles. The zero-order valence-corrected chi connectivity index (χ0v) is 14.3. The molecule has 26 heavy (non-hydrogen) atoms. The Hall–Kier alpha value is -3.61. The molecule has 0 bridgehead atoms. The van der Waals surface area contributed by atoms with Crippen molar-refractivity contribution < 1.29 is 0 Å². The summed E-state index contributed by atoms with van der Waals surface area (Å²) >= 11 is 0. The molecule has 0 atom stereocenters. The van der Waals surface area contributed by atoms with E-state index in [4.69, 9.17) is 0 Å². The first-order valence-corrected chi connectivity index (χ1v) is 8.28. The van der Waals surface area contributed by atoms with Gasteiger partial charge in [-0.2, -0.15) is 5.10 Å². The summed E-state index contributed by atoms with van der Waals surface area (Å²) in [4.78, 5) is 13.3. The Morgan fingerprint density at radius 3 is 2.65 bits per heavy atom. The normalized spacial score (nSPS) is 11.5. The lowest BCUT2D eigenvalue weighted by Crippen LogP contribution is -2.01. The van der Waals surface area contributed by atoms with Crippen molar-refractivity contribution in [1.29, 1.82) is 0 Å². The van der Waals surface area contributed by atoms with Crippen LogP contribution < -0.4 is 0 Å². The van der Waals surface area contributed by atoms with Crippen LogP contribution in [0.3, 0.4) is 0 Å². The largest absolute Gasteiger partial charge is 0.265 e. The number of fused-ring (bicyclic) bond motifs is 3. The number of rotatable bonds is 2. The minimum atomic E-state index is 0.640. The molecule has 0 fully saturated rings. The van der Waals surface area contributed by atoms with Crippen LogP contribution in [0, 0.1) is 13.8 Å². The molecular weight excluding hydrogens is 326 g/mol. The summed E-state index contributed by atoms with van der Waals surface area (Å²) in [7, 11) is 0. The molecule has 4 heterocycles. The minimum absolute atomic E-state index is 0.640. The van der Waals surface area contributed by atoms with Crippen molar-refractivity contribution >= 4 is 16.7 Å². The summed E-state index contributed by atoms with van der Waals surface area (Å²) in [6.07, 6.45) is 6.93. The van der Waals surface area contributed by atoms with Gasteiger partial charge in [0, 0.05) is 18.0 Å². The van der Waals surface area contributed by atoms with Crippen molar-refractivity contribution in [3.8, 4) is 17.1 Å². The van der Waals surface area contributed by atoms with Gasteiger partial charge in [0.15, 0.2) is 17.1 Å². The monoisotopic (exact) mass is 341 g/mol. The van der Waals surface area contributed by atoms with Gasteiger partial charge in [-0.3, -0.25) is 4.98 Å². The third kappa shape index (κ3) is 2.17. The molecule has 0 spiro atoms. The molecule has 0 saturated heterocycles. The van der Waals surface area contributed by atoms with Gasteiger partial charge in [-0.15, -0.1) is 5.10 Å². The van der Waals surface area contributed by atoms with Gasteiger partial charge in [-0.05, 0) is 43.2 Å². The number of benzene rings is 1. The third-order valence-corrected chi connectivity index (χ3v) is 4.44. The van der Waals surface area contributed by atoms with Crippen LogP contribution in [0.25, 0.3) is 33.8 Å². The molecule has 0 aliphatic rings. The Bertz CT molecular complexity index is 1250. The summed E-state index contributed by atoms with van der Waals surface area (Å²) in [5.74, 6) is 0.640. The van der Waals surface area contributed by atoms with Gasteiger partial charge in [0.05, 0.1) is 17.3 Å². The maximum atomic E-state index is 4.69. The summed E-state index contributed by atoms with van der Waals surface area (Å²) in [5, 5.41) is 9.95. The van der Waals surface area contributed by atoms with E-state index in [1.54, 1.807) is 29.4 Å². The zero-order valence-electron chi connectivity index (χ0n) is 14.3. The minimum Gasteiger partial charge on any atom is -0.265 e. The highest BCUT2D eigenvalue weighted by Gasteiger charge is 2.15. The van der Waals surface area contributed by atoms with E-state index in [0.29, 0.717) is 5.82 Å². The fourth-order valence-electron chi connectivity index (χ4n) is 3.07. The zero-order chi connectivity index (χ0) is 17.7. The summed E-state index contributed by atoms with van der Waals surface area (Å²) in [6.45, 7) is 4.14. The highest BCUT2D eigenvalue weighted by atomic mass is 15.3. The highest BCUT2D eigenvalue weighted by molar-refractivity contribution is 5.90. The summed E-state index contributed by atoms with van der Waals surface area (Å²) in [6, 6.07) is 10.1. The smallest absolute Gasteiger partial charge is 0.182 e. The molecule has 7 heteroatoms. The summed E-state index contributed by atoms with van der Waals surface area (Å²) in [5.41, 5.74) is 5.75. The topological polar surface area (TPSA) is 73.8 Å². The number of nitrogens with zero attached hydrogens (tertiary/aromatic N) is 7. The average molecular weight is 341 g/mol. The van der Waals surface area contributed by atoms with Crippen molar-refractivity contribution in [3.63, 3.8) is 0 Å². The molecule has 7 nitrogen and oxygen atoms in total. The van der Waals surface area contributed by atoms with Gasteiger partial charge < -0.3 is 0 Å². The number of hydrogen-bond acceptors (Lipinski definition) is 5. The second-order valence-corrected chi connectivity index (χ2v) is 6.27. The van der Waals surface area contributed by atoms with Crippen molar-refractivity contribution in [1.82, 2.24) is 34.3 Å². The molecule has 0 saturated carbocycles. The van der Waals surface area contributed by atoms with E-state index in [1.165, 1.54) is 5.56 Å². The molecule has 0 aliphatic carbocycles. The fraction of sp³-hybridized carbons (Fsp3) is 0.105. The molecule has 0 unspecified atom stereocenters. The van der Waals surface area contributed by atoms with E-state index in [2.05, 4.69) is 57.2 Å². The Morgan fingerprint density at radius 2 is 1.81 bits per heavy atom. The van der Waals surface area contributed by atoms with Crippen LogP contribution in [-0.2, 0) is 0 Å². The van der Waals surface area contributed by atoms with E-state index < -0.39 is 0 Å². The van der Waals surface area contributed by atoms with Gasteiger partial charge in [-0.1, -0.05) is 12.1 Å². The van der Waals surface area contributed by atoms with Crippen LogP contribution in [0.4, 0.5) is 0 Å². The van der Waals surface area contributed by atoms with Gasteiger partial charge in [-0.25, -0.2) is 19.2 Å². The van der Waals surface area contributed by atoms with E-state index in [9.17, 15) is 0 Å². The molecule has 5 rings (SSSR count). The van der Waals surface area contributed by atoms with Crippen LogP contribution in [0.1, 0.15) is 11.1 Å². The maximum Gasteiger partial charge on any atom is 0.182 e. The number of pyridine rings is 1. The standard InChI is InChI=1S/C19H15N7/c1-12-3-4-13(2)16(9-12)26-18-15(10-22-26)19-23-17(24-25(19)11-21-18)14-5-7-20-8-6-14/h3-11H,1-2H3. The SMILES string of the molecule is Cc1ccc(C)c(-n2ncc3c2ncn2nc(-c4ccncc4)nc32)c1. The van der Waals surface area contributed by atoms with E-state index in [1.807, 2.05) is 16.8 Å². The van der Waals surface area contributed by atoms with Crippen LogP contribution in [-0.4, -0.2) is 34.3 Å². The van der Waals surface area contributed by atoms with E-state index >= 15 is 0 Å². The van der Waals surface area contributed by atoms with Crippen molar-refractivity contribution in [2.24, 2.45) is 0 Å². The maximum absolute atomic E-state index is 4.69. The third-order valence-electron chi connectivity index (χ3n) is 4.44. The first-order chi connectivity index (χ1) is 12.7. The van der Waals surface area contributed by atoms with Crippen molar-refractivity contribution in [3.05, 3.63) is 66.4 Å². The van der Waals surface area contributed by atoms with Crippen molar-refractivity contribution in [2.45, 2.75) is 13.8 Å². The second kappa shape index (κ2) is 5.45. The van der Waals surface area contributed by atoms with Crippen LogP contribution >= 0.6 is 0 Å². The van der Waals surface area contributed by atoms with Gasteiger partial charge >= 0.3 is 0 Å². The first kappa shape index (κ1) is 14.7. The molecular formula is C19H15N7. The molecule has 0 N–H and O–H groups in total. The lowest BCUT2D eigenvalue weighted by molar-refractivity contribution is 0.875. The van der Waals surface area contributed by atoms with Gasteiger partial charge in [0.25, 0.3) is 0 Å². The Morgan fingerprint density at radius 1 is 0.962 bits per heavy atom. The average Bonchev–Trinajstić information content (AvgIpc) is 3.28. The first-order valence-electron chi connectivity index (χ1n) is 8.28. The van der Waals surface area contributed by atoms with E-state index in [0.717, 1.165) is 33.5 Å². The molecule has 5 aromatic rings. The fourth-order valence-corrected chi connectivity index (χ4v) is 3.07. The molecule has 0 amide bonds. The number of aryl methyl sites for hydroxylation is 2. The van der Waals surface area contributed by atoms with Gasteiger partial charge in [0.2, 0.25) is 0 Å². The lowest BCUT2D eigenvalue weighted by Gasteiger charge is -2.07. The Kier molecular flexibility index (Phi) is 3.08. The van der Waals surface area contributed by atoms with E-state index in [-0.39, 0.29) is 0 Å². The van der Waals surface area contributed by atoms with Gasteiger partial charge in [0.1, 0.15) is 6.33 Å². The predicted molar refractivity (Wildman–Crippen MR) is 98.1 cm³/mol. The molecule has 126 valence electrons. The quantitative estimate of drug-likeness (QED) is 0.493. The van der Waals surface area contributed by atoms with Crippen LogP contribution in [0.5, 0.6) is 0 Å². The number of hydrogen-bond donors (Lipinski definition) is 0. The molecule has 0 aliphatic heterocycles. The molecule has 1 aromatic carbocycles. The Labute approximate surface area is 149 Å². The predicted octanol–water partition coefficient (Wildman–Crippen LogP) is 3.14. The van der Waals surface area contributed by atoms with Crippen LogP contribution in [0.15, 0.2) is 55.2 Å². The highest BCUT2D eigenvalue weighted by Crippen LogP contribution is 2.24.